The molecule has 0 saturated heterocycles. The summed E-state index contributed by atoms with van der Waals surface area (Å²) in [6, 6.07) is 7.53. The molecule has 2 rings (SSSR count). The van der Waals surface area contributed by atoms with Gasteiger partial charge in [-0.15, -0.1) is 0 Å². The molecule has 1 aromatic heterocycles. The fraction of sp³-hybridized carbons (Fsp3) is 0.400. The summed E-state index contributed by atoms with van der Waals surface area (Å²) >= 11 is 0. The van der Waals surface area contributed by atoms with Gasteiger partial charge in [0.1, 0.15) is 0 Å². The summed E-state index contributed by atoms with van der Waals surface area (Å²) < 4.78 is 23.3. The van der Waals surface area contributed by atoms with E-state index in [1.54, 1.807) is 33.3 Å². The number of nitrogens with zero attached hydrogens (tertiary/aromatic N) is 1. The predicted octanol–water partition coefficient (Wildman–Crippen LogP) is 2.32. The Morgan fingerprint density at radius 1 is 1.25 bits per heavy atom. The third-order valence-corrected chi connectivity index (χ3v) is 6.11. The first-order valence-corrected chi connectivity index (χ1v) is 8.37. The largest absolute Gasteiger partial charge is 0.312 e. The number of pyridine rings is 1. The topological polar surface area (TPSA) is 59.1 Å². The van der Waals surface area contributed by atoms with Gasteiger partial charge in [0.15, 0.2) is 9.84 Å². The second kappa shape index (κ2) is 5.14. The number of aromatic nitrogens is 1. The molecule has 0 aliphatic carbocycles. The number of nitrogens with one attached hydrogen (secondary N) is 1. The van der Waals surface area contributed by atoms with Crippen LogP contribution in [0, 0.1) is 0 Å². The Kier molecular flexibility index (Phi) is 3.84. The van der Waals surface area contributed by atoms with Gasteiger partial charge in [-0.1, -0.05) is 18.2 Å². The number of benzene rings is 1. The number of fused-ring (bicyclic) bond motifs is 1. The summed E-state index contributed by atoms with van der Waals surface area (Å²) in [6.45, 7) is 3.50. The minimum absolute atomic E-state index is 0.301. The van der Waals surface area contributed by atoms with Crippen LogP contribution in [0.3, 0.4) is 0 Å². The summed E-state index contributed by atoms with van der Waals surface area (Å²) in [5.41, 5.74) is 0.952. The molecule has 0 fully saturated rings. The minimum atomic E-state index is -3.21. The van der Waals surface area contributed by atoms with E-state index in [0.717, 1.165) is 16.3 Å². The Balaban J connectivity index is 2.68. The molecule has 0 saturated carbocycles. The molecular weight excluding hydrogens is 272 g/mol. The van der Waals surface area contributed by atoms with E-state index in [0.29, 0.717) is 0 Å². The maximum absolute atomic E-state index is 12.1. The Labute approximate surface area is 120 Å². The molecule has 1 heterocycles. The van der Waals surface area contributed by atoms with Crippen LogP contribution >= 0.6 is 0 Å². The van der Waals surface area contributed by atoms with E-state index in [-0.39, 0.29) is 6.04 Å². The molecule has 1 N–H and O–H groups in total. The van der Waals surface area contributed by atoms with Crippen LogP contribution in [-0.4, -0.2) is 31.5 Å². The fourth-order valence-corrected chi connectivity index (χ4v) is 3.15. The lowest BCUT2D eigenvalue weighted by atomic mass is 9.92. The van der Waals surface area contributed by atoms with Crippen LogP contribution in [0.1, 0.15) is 25.5 Å². The molecular formula is C15H20N2O2S. The first kappa shape index (κ1) is 14.9. The average molecular weight is 292 g/mol. The SMILES string of the molecule is CNC(c1cccc2ccncc12)C(C)(C)S(C)(=O)=O. The van der Waals surface area contributed by atoms with E-state index >= 15 is 0 Å². The maximum Gasteiger partial charge on any atom is 0.154 e. The van der Waals surface area contributed by atoms with E-state index in [4.69, 9.17) is 0 Å². The molecule has 2 aromatic rings. The van der Waals surface area contributed by atoms with Crippen molar-refractivity contribution in [1.82, 2.24) is 10.3 Å². The zero-order valence-corrected chi connectivity index (χ0v) is 13.0. The van der Waals surface area contributed by atoms with E-state index in [2.05, 4.69) is 10.3 Å². The molecule has 1 atom stereocenters. The second-order valence-electron chi connectivity index (χ2n) is 5.54. The van der Waals surface area contributed by atoms with Gasteiger partial charge in [-0.2, -0.15) is 0 Å². The van der Waals surface area contributed by atoms with Crippen LogP contribution in [0.15, 0.2) is 36.7 Å². The minimum Gasteiger partial charge on any atom is -0.312 e. The molecule has 108 valence electrons. The van der Waals surface area contributed by atoms with Crippen molar-refractivity contribution in [1.29, 1.82) is 0 Å². The number of sulfone groups is 1. The normalized spacial score (nSPS) is 14.4. The molecule has 4 nitrogen and oxygen atoms in total. The van der Waals surface area contributed by atoms with Crippen LogP contribution in [0.25, 0.3) is 10.8 Å². The van der Waals surface area contributed by atoms with E-state index in [1.807, 2.05) is 24.3 Å². The third kappa shape index (κ3) is 2.43. The standard InChI is InChI=1S/C15H20N2O2S/c1-15(2,20(4,18)19)14(16-3)12-7-5-6-11-8-9-17-10-13(11)12/h5-10,14,16H,1-4H3. The molecule has 1 aromatic carbocycles. The van der Waals surface area contributed by atoms with E-state index in [1.165, 1.54) is 6.26 Å². The highest BCUT2D eigenvalue weighted by Gasteiger charge is 2.39. The highest BCUT2D eigenvalue weighted by atomic mass is 32.2. The van der Waals surface area contributed by atoms with Crippen LogP contribution < -0.4 is 5.32 Å². The summed E-state index contributed by atoms with van der Waals surface area (Å²) in [5.74, 6) is 0. The quantitative estimate of drug-likeness (QED) is 0.939. The van der Waals surface area contributed by atoms with Crippen molar-refractivity contribution >= 4 is 20.6 Å². The van der Waals surface area contributed by atoms with Crippen molar-refractivity contribution in [2.75, 3.05) is 13.3 Å². The van der Waals surface area contributed by atoms with Gasteiger partial charge in [0.25, 0.3) is 0 Å². The average Bonchev–Trinajstić information content (AvgIpc) is 2.38. The molecule has 0 amide bonds. The van der Waals surface area contributed by atoms with Gasteiger partial charge >= 0.3 is 0 Å². The number of rotatable bonds is 4. The van der Waals surface area contributed by atoms with Gasteiger partial charge in [0.2, 0.25) is 0 Å². The smallest absolute Gasteiger partial charge is 0.154 e. The molecule has 1 unspecified atom stereocenters. The molecule has 0 aliphatic heterocycles. The first-order chi connectivity index (χ1) is 9.29. The molecule has 0 radical (unpaired) electrons. The zero-order chi connectivity index (χ0) is 15.0. The van der Waals surface area contributed by atoms with Gasteiger partial charge in [-0.05, 0) is 37.9 Å². The Morgan fingerprint density at radius 2 is 1.95 bits per heavy atom. The van der Waals surface area contributed by atoms with Crippen LogP contribution in [0.4, 0.5) is 0 Å². The maximum atomic E-state index is 12.1. The summed E-state index contributed by atoms with van der Waals surface area (Å²) in [7, 11) is -1.43. The molecule has 5 heteroatoms. The van der Waals surface area contributed by atoms with Gasteiger partial charge in [-0.25, -0.2) is 8.42 Å². The van der Waals surface area contributed by atoms with Crippen molar-refractivity contribution in [3.8, 4) is 0 Å². The predicted molar refractivity (Wildman–Crippen MR) is 82.5 cm³/mol. The van der Waals surface area contributed by atoms with Gasteiger partial charge < -0.3 is 5.32 Å². The van der Waals surface area contributed by atoms with Crippen molar-refractivity contribution < 1.29 is 8.42 Å². The second-order valence-corrected chi connectivity index (χ2v) is 8.14. The first-order valence-electron chi connectivity index (χ1n) is 6.48. The lowest BCUT2D eigenvalue weighted by molar-refractivity contribution is 0.448. The molecule has 0 spiro atoms. The summed E-state index contributed by atoms with van der Waals surface area (Å²) in [4.78, 5) is 4.16. The van der Waals surface area contributed by atoms with Crippen molar-refractivity contribution in [2.24, 2.45) is 0 Å². The highest BCUT2D eigenvalue weighted by molar-refractivity contribution is 7.92. The highest BCUT2D eigenvalue weighted by Crippen LogP contribution is 2.35. The van der Waals surface area contributed by atoms with Crippen molar-refractivity contribution in [3.63, 3.8) is 0 Å². The Morgan fingerprint density at radius 3 is 2.55 bits per heavy atom. The fourth-order valence-electron chi connectivity index (χ4n) is 2.48. The van der Waals surface area contributed by atoms with Gasteiger partial charge in [0, 0.05) is 24.0 Å². The van der Waals surface area contributed by atoms with E-state index in [9.17, 15) is 8.42 Å². The van der Waals surface area contributed by atoms with Crippen molar-refractivity contribution in [2.45, 2.75) is 24.6 Å². The van der Waals surface area contributed by atoms with Crippen LogP contribution in [-0.2, 0) is 9.84 Å². The third-order valence-electron chi connectivity index (χ3n) is 3.97. The van der Waals surface area contributed by atoms with Gasteiger partial charge in [-0.3, -0.25) is 4.98 Å². The summed E-state index contributed by atoms with van der Waals surface area (Å²) in [6.07, 6.45) is 4.80. The number of hydrogen-bond acceptors (Lipinski definition) is 4. The Bertz CT molecular complexity index is 718. The van der Waals surface area contributed by atoms with Gasteiger partial charge in [0.05, 0.1) is 10.8 Å². The lowest BCUT2D eigenvalue weighted by Crippen LogP contribution is -2.43. The zero-order valence-electron chi connectivity index (χ0n) is 12.2. The number of hydrogen-bond donors (Lipinski definition) is 1. The van der Waals surface area contributed by atoms with E-state index < -0.39 is 14.6 Å². The lowest BCUT2D eigenvalue weighted by Gasteiger charge is -2.33. The summed E-state index contributed by atoms with van der Waals surface area (Å²) in [5, 5.41) is 5.19. The molecule has 0 aliphatic rings. The molecule has 0 bridgehead atoms. The monoisotopic (exact) mass is 292 g/mol. The van der Waals surface area contributed by atoms with Crippen LogP contribution in [0.5, 0.6) is 0 Å². The van der Waals surface area contributed by atoms with Crippen molar-refractivity contribution in [3.05, 3.63) is 42.2 Å². The Hall–Kier alpha value is -1.46. The van der Waals surface area contributed by atoms with Crippen LogP contribution in [0.2, 0.25) is 0 Å². The molecule has 20 heavy (non-hydrogen) atoms.